The first-order valence-corrected chi connectivity index (χ1v) is 10.8. The lowest BCUT2D eigenvalue weighted by Gasteiger charge is -2.32. The number of amides is 1. The molecule has 0 spiro atoms. The van der Waals surface area contributed by atoms with E-state index >= 15 is 0 Å². The largest absolute Gasteiger partial charge is 0.445 e. The maximum Gasteiger partial charge on any atom is 0.412 e. The minimum Gasteiger partial charge on any atom is -0.445 e. The van der Waals surface area contributed by atoms with Gasteiger partial charge in [0.1, 0.15) is 0 Å². The maximum absolute atomic E-state index is 12.2. The van der Waals surface area contributed by atoms with Crippen LogP contribution in [0, 0.1) is 5.92 Å². The summed E-state index contributed by atoms with van der Waals surface area (Å²) in [6.45, 7) is 1.11. The van der Waals surface area contributed by atoms with Gasteiger partial charge in [-0.3, -0.25) is 5.32 Å². The molecule has 1 aromatic carbocycles. The molecule has 3 rings (SSSR count). The van der Waals surface area contributed by atoms with Gasteiger partial charge in [-0.2, -0.15) is 17.0 Å². The van der Waals surface area contributed by atoms with Crippen LogP contribution in [0.5, 0.6) is 0 Å². The molecule has 1 aliphatic heterocycles. The molecular weight excluding hydrogens is 396 g/mol. The topological polar surface area (TPSA) is 105 Å². The summed E-state index contributed by atoms with van der Waals surface area (Å²) in [5.41, 5.74) is 1.79. The van der Waals surface area contributed by atoms with E-state index in [2.05, 4.69) is 10.3 Å². The van der Waals surface area contributed by atoms with Crippen LogP contribution in [0.3, 0.4) is 0 Å². The molecule has 1 aliphatic rings. The number of rotatable bonds is 7. The Kier molecular flexibility index (Phi) is 6.88. The molecule has 29 heavy (non-hydrogen) atoms. The van der Waals surface area contributed by atoms with Crippen molar-refractivity contribution < 1.29 is 22.4 Å². The number of anilines is 1. The van der Waals surface area contributed by atoms with E-state index in [0.717, 1.165) is 24.8 Å². The summed E-state index contributed by atoms with van der Waals surface area (Å²) in [5, 5.41) is 2.67. The molecule has 2 aromatic rings. The zero-order valence-corrected chi connectivity index (χ0v) is 17.4. The van der Waals surface area contributed by atoms with Crippen molar-refractivity contribution in [3.8, 4) is 0 Å². The van der Waals surface area contributed by atoms with Crippen molar-refractivity contribution >= 4 is 22.0 Å². The summed E-state index contributed by atoms with van der Waals surface area (Å²) in [5.74, 6) is 0.911. The van der Waals surface area contributed by atoms with E-state index < -0.39 is 16.3 Å². The molecule has 0 unspecified atom stereocenters. The number of aromatic nitrogens is 1. The average molecular weight is 423 g/mol. The number of oxazole rings is 1. The average Bonchev–Trinajstić information content (AvgIpc) is 3.22. The molecule has 1 amide bonds. The first-order chi connectivity index (χ1) is 13.8. The SMILES string of the molecule is CN(C)S(=O)(=O)N1CCC(Cc2ccc(NC(=O)OCc3cnco3)cc2)CC1. The van der Waals surface area contributed by atoms with Crippen molar-refractivity contribution in [2.24, 2.45) is 5.92 Å². The Morgan fingerprint density at radius 2 is 1.97 bits per heavy atom. The molecule has 0 radical (unpaired) electrons. The van der Waals surface area contributed by atoms with Crippen molar-refractivity contribution in [2.75, 3.05) is 32.5 Å². The first kappa shape index (κ1) is 21.3. The number of nitrogens with one attached hydrogen (secondary N) is 1. The number of benzene rings is 1. The fourth-order valence-corrected chi connectivity index (χ4v) is 4.37. The number of hydrogen-bond donors (Lipinski definition) is 1. The minimum atomic E-state index is -3.33. The van der Waals surface area contributed by atoms with Gasteiger partial charge in [-0.25, -0.2) is 9.78 Å². The second-order valence-electron chi connectivity index (χ2n) is 7.20. The smallest absolute Gasteiger partial charge is 0.412 e. The predicted molar refractivity (Wildman–Crippen MR) is 107 cm³/mol. The molecule has 0 bridgehead atoms. The number of hydrogen-bond acceptors (Lipinski definition) is 6. The molecule has 158 valence electrons. The summed E-state index contributed by atoms with van der Waals surface area (Å²) >= 11 is 0. The molecule has 1 aromatic heterocycles. The lowest BCUT2D eigenvalue weighted by Crippen LogP contribution is -2.44. The van der Waals surface area contributed by atoms with E-state index in [1.165, 1.54) is 16.9 Å². The standard InChI is InChI=1S/C19H26N4O5S/c1-22(2)29(25,26)23-9-7-16(8-10-23)11-15-3-5-17(6-4-15)21-19(24)27-13-18-12-20-14-28-18/h3-6,12,14,16H,7-11,13H2,1-2H3,(H,21,24). The molecule has 1 saturated heterocycles. The van der Waals surface area contributed by atoms with Crippen LogP contribution >= 0.6 is 0 Å². The van der Waals surface area contributed by atoms with Crippen LogP contribution in [-0.4, -0.2) is 55.3 Å². The maximum atomic E-state index is 12.2. The highest BCUT2D eigenvalue weighted by atomic mass is 32.2. The molecule has 9 nitrogen and oxygen atoms in total. The molecule has 0 aliphatic carbocycles. The van der Waals surface area contributed by atoms with Gasteiger partial charge in [-0.1, -0.05) is 12.1 Å². The third-order valence-corrected chi connectivity index (χ3v) is 6.86. The third-order valence-electron chi connectivity index (χ3n) is 4.91. The Morgan fingerprint density at radius 3 is 2.55 bits per heavy atom. The summed E-state index contributed by atoms with van der Waals surface area (Å²) in [6, 6.07) is 7.59. The van der Waals surface area contributed by atoms with E-state index in [4.69, 9.17) is 9.15 Å². The van der Waals surface area contributed by atoms with Gasteiger partial charge in [0.05, 0.1) is 6.20 Å². The van der Waals surface area contributed by atoms with Gasteiger partial charge < -0.3 is 9.15 Å². The van der Waals surface area contributed by atoms with Crippen LogP contribution in [-0.2, 0) is 28.0 Å². The van der Waals surface area contributed by atoms with Crippen LogP contribution in [0.15, 0.2) is 41.3 Å². The number of ether oxygens (including phenoxy) is 1. The van der Waals surface area contributed by atoms with Gasteiger partial charge in [0, 0.05) is 32.9 Å². The van der Waals surface area contributed by atoms with Gasteiger partial charge in [-0.15, -0.1) is 0 Å². The molecule has 0 atom stereocenters. The Hall–Kier alpha value is -2.43. The highest BCUT2D eigenvalue weighted by molar-refractivity contribution is 7.86. The van der Waals surface area contributed by atoms with Gasteiger partial charge in [-0.05, 0) is 42.9 Å². The molecule has 0 saturated carbocycles. The number of nitrogens with zero attached hydrogens (tertiary/aromatic N) is 3. The van der Waals surface area contributed by atoms with E-state index in [-0.39, 0.29) is 6.61 Å². The molecular formula is C19H26N4O5S. The van der Waals surface area contributed by atoms with Crippen LogP contribution < -0.4 is 5.32 Å². The van der Waals surface area contributed by atoms with Gasteiger partial charge in [0.2, 0.25) is 0 Å². The Balaban J connectivity index is 1.44. The second-order valence-corrected chi connectivity index (χ2v) is 9.34. The minimum absolute atomic E-state index is 0.0200. The fourth-order valence-electron chi connectivity index (χ4n) is 3.24. The molecule has 1 N–H and O–H groups in total. The van der Waals surface area contributed by atoms with Crippen molar-refractivity contribution in [3.05, 3.63) is 48.2 Å². The lowest BCUT2D eigenvalue weighted by atomic mass is 9.91. The van der Waals surface area contributed by atoms with Crippen LogP contribution in [0.1, 0.15) is 24.2 Å². The Morgan fingerprint density at radius 1 is 1.28 bits per heavy atom. The number of piperidine rings is 1. The van der Waals surface area contributed by atoms with Crippen molar-refractivity contribution in [2.45, 2.75) is 25.9 Å². The Bertz CT molecular complexity index is 889. The van der Waals surface area contributed by atoms with Gasteiger partial charge >= 0.3 is 6.09 Å². The quantitative estimate of drug-likeness (QED) is 0.735. The number of carbonyl (C=O) groups is 1. The van der Waals surface area contributed by atoms with Crippen molar-refractivity contribution in [1.29, 1.82) is 0 Å². The number of carbonyl (C=O) groups excluding carboxylic acids is 1. The highest BCUT2D eigenvalue weighted by Gasteiger charge is 2.29. The van der Waals surface area contributed by atoms with Crippen LogP contribution in [0.4, 0.5) is 10.5 Å². The summed E-state index contributed by atoms with van der Waals surface area (Å²) in [7, 11) is -0.214. The highest BCUT2D eigenvalue weighted by Crippen LogP contribution is 2.24. The van der Waals surface area contributed by atoms with E-state index in [1.54, 1.807) is 18.4 Å². The van der Waals surface area contributed by atoms with Gasteiger partial charge in [0.15, 0.2) is 18.8 Å². The summed E-state index contributed by atoms with van der Waals surface area (Å²) in [6.07, 6.45) is 4.75. The summed E-state index contributed by atoms with van der Waals surface area (Å²) in [4.78, 5) is 15.6. The summed E-state index contributed by atoms with van der Waals surface area (Å²) < 4.78 is 37.2. The van der Waals surface area contributed by atoms with Gasteiger partial charge in [0.25, 0.3) is 10.2 Å². The Labute approximate surface area is 170 Å². The van der Waals surface area contributed by atoms with Crippen LogP contribution in [0.2, 0.25) is 0 Å². The molecule has 2 heterocycles. The second kappa shape index (κ2) is 9.38. The zero-order valence-electron chi connectivity index (χ0n) is 16.6. The third kappa shape index (κ3) is 5.78. The zero-order chi connectivity index (χ0) is 20.9. The normalized spacial score (nSPS) is 16.1. The first-order valence-electron chi connectivity index (χ1n) is 9.42. The van der Waals surface area contributed by atoms with Crippen molar-refractivity contribution in [3.63, 3.8) is 0 Å². The molecule has 1 fully saturated rings. The van der Waals surface area contributed by atoms with E-state index in [0.29, 0.717) is 30.5 Å². The lowest BCUT2D eigenvalue weighted by molar-refractivity contribution is 0.146. The van der Waals surface area contributed by atoms with E-state index in [1.807, 2.05) is 24.3 Å². The monoisotopic (exact) mass is 422 g/mol. The van der Waals surface area contributed by atoms with E-state index in [9.17, 15) is 13.2 Å². The van der Waals surface area contributed by atoms with Crippen LogP contribution in [0.25, 0.3) is 0 Å². The molecule has 10 heteroatoms. The van der Waals surface area contributed by atoms with Crippen molar-refractivity contribution in [1.82, 2.24) is 13.6 Å². The fraction of sp³-hybridized carbons (Fsp3) is 0.474. The predicted octanol–water partition coefficient (Wildman–Crippen LogP) is 2.48.